The minimum absolute atomic E-state index is 0.0595. The van der Waals surface area contributed by atoms with E-state index < -0.39 is 15.6 Å². The Balaban J connectivity index is 2.39. The molecule has 102 valence electrons. The summed E-state index contributed by atoms with van der Waals surface area (Å²) in [5, 5.41) is 10.2. The molecule has 1 aliphatic carbocycles. The highest BCUT2D eigenvalue weighted by atomic mass is 32.2. The van der Waals surface area contributed by atoms with Gasteiger partial charge >= 0.3 is 0 Å². The van der Waals surface area contributed by atoms with Gasteiger partial charge in [0.2, 0.25) is 10.0 Å². The molecule has 0 atom stereocenters. The molecule has 17 heavy (non-hydrogen) atoms. The van der Waals surface area contributed by atoms with Crippen LogP contribution in [0.15, 0.2) is 0 Å². The van der Waals surface area contributed by atoms with Gasteiger partial charge in [0.1, 0.15) is 0 Å². The van der Waals surface area contributed by atoms with Gasteiger partial charge in [0.25, 0.3) is 0 Å². The van der Waals surface area contributed by atoms with E-state index in [1.807, 2.05) is 0 Å². The maximum Gasteiger partial charge on any atom is 0.213 e. The molecule has 0 spiro atoms. The van der Waals surface area contributed by atoms with Crippen LogP contribution in [0.3, 0.4) is 0 Å². The van der Waals surface area contributed by atoms with Crippen LogP contribution in [-0.2, 0) is 14.8 Å². The predicted octanol–water partition coefficient (Wildman–Crippen LogP) is 0.493. The molecule has 1 aliphatic rings. The molecular formula is C11H23NO4S. The van der Waals surface area contributed by atoms with Gasteiger partial charge in [-0.05, 0) is 31.6 Å². The van der Waals surface area contributed by atoms with Crippen LogP contribution in [0.2, 0.25) is 0 Å². The lowest BCUT2D eigenvalue weighted by Gasteiger charge is -2.34. The summed E-state index contributed by atoms with van der Waals surface area (Å²) < 4.78 is 30.3. The first-order valence-corrected chi connectivity index (χ1v) is 7.71. The first-order valence-electron chi connectivity index (χ1n) is 6.05. The van der Waals surface area contributed by atoms with E-state index >= 15 is 0 Å². The number of rotatable bonds is 6. The second-order valence-corrected chi connectivity index (χ2v) is 6.97. The maximum atomic E-state index is 11.5. The predicted molar refractivity (Wildman–Crippen MR) is 66.2 cm³/mol. The fraction of sp³-hybridized carbons (Fsp3) is 1.00. The maximum absolute atomic E-state index is 11.5. The summed E-state index contributed by atoms with van der Waals surface area (Å²) in [6, 6.07) is 0. The Labute approximate surface area is 104 Å². The standard InChI is InChI=1S/C11H23NO4S/c1-10-3-5-11(13,6-4-10)9-12-17(14,15)8-7-16-2/h10,12-13H,3-9H2,1-2H3. The van der Waals surface area contributed by atoms with Crippen LogP contribution in [0.4, 0.5) is 0 Å². The van der Waals surface area contributed by atoms with Crippen molar-refractivity contribution in [2.24, 2.45) is 5.92 Å². The fourth-order valence-corrected chi connectivity index (χ4v) is 3.00. The summed E-state index contributed by atoms with van der Waals surface area (Å²) >= 11 is 0. The average molecular weight is 265 g/mol. The molecule has 0 aromatic carbocycles. The number of sulfonamides is 1. The van der Waals surface area contributed by atoms with Crippen molar-refractivity contribution < 1.29 is 18.3 Å². The zero-order chi connectivity index (χ0) is 12.9. The quantitative estimate of drug-likeness (QED) is 0.733. The van der Waals surface area contributed by atoms with Crippen LogP contribution < -0.4 is 4.72 Å². The third kappa shape index (κ3) is 5.33. The molecule has 0 bridgehead atoms. The van der Waals surface area contributed by atoms with Crippen LogP contribution in [-0.4, -0.2) is 45.1 Å². The lowest BCUT2D eigenvalue weighted by molar-refractivity contribution is -0.00185. The number of nitrogens with one attached hydrogen (secondary N) is 1. The molecule has 0 unspecified atom stereocenters. The van der Waals surface area contributed by atoms with E-state index in [0.29, 0.717) is 18.8 Å². The van der Waals surface area contributed by atoms with Gasteiger partial charge in [0.15, 0.2) is 0 Å². The van der Waals surface area contributed by atoms with Crippen molar-refractivity contribution in [2.75, 3.05) is 26.0 Å². The topological polar surface area (TPSA) is 75.6 Å². The van der Waals surface area contributed by atoms with Crippen molar-refractivity contribution in [1.29, 1.82) is 0 Å². The highest BCUT2D eigenvalue weighted by Gasteiger charge is 2.32. The van der Waals surface area contributed by atoms with Gasteiger partial charge in [-0.25, -0.2) is 13.1 Å². The Morgan fingerprint density at radius 1 is 1.41 bits per heavy atom. The van der Waals surface area contributed by atoms with Crippen LogP contribution in [0, 0.1) is 5.92 Å². The van der Waals surface area contributed by atoms with E-state index in [4.69, 9.17) is 4.74 Å². The molecule has 6 heteroatoms. The molecule has 1 rings (SSSR count). The zero-order valence-electron chi connectivity index (χ0n) is 10.6. The van der Waals surface area contributed by atoms with Gasteiger partial charge in [0.05, 0.1) is 18.0 Å². The average Bonchev–Trinajstić information content (AvgIpc) is 2.29. The molecule has 0 radical (unpaired) electrons. The van der Waals surface area contributed by atoms with Crippen LogP contribution >= 0.6 is 0 Å². The highest BCUT2D eigenvalue weighted by Crippen LogP contribution is 2.31. The minimum atomic E-state index is -3.33. The van der Waals surface area contributed by atoms with Crippen molar-refractivity contribution in [3.05, 3.63) is 0 Å². The summed E-state index contributed by atoms with van der Waals surface area (Å²) in [5.41, 5.74) is -0.868. The Hall–Kier alpha value is -0.170. The number of hydrogen-bond donors (Lipinski definition) is 2. The molecule has 1 saturated carbocycles. The summed E-state index contributed by atoms with van der Waals surface area (Å²) in [4.78, 5) is 0. The van der Waals surface area contributed by atoms with E-state index in [1.54, 1.807) is 0 Å². The number of aliphatic hydroxyl groups is 1. The van der Waals surface area contributed by atoms with Gasteiger partial charge in [-0.3, -0.25) is 0 Å². The third-order valence-electron chi connectivity index (χ3n) is 3.38. The second kappa shape index (κ2) is 6.13. The summed E-state index contributed by atoms with van der Waals surface area (Å²) in [7, 11) is -1.87. The van der Waals surface area contributed by atoms with E-state index in [1.165, 1.54) is 7.11 Å². The van der Waals surface area contributed by atoms with E-state index in [0.717, 1.165) is 12.8 Å². The Morgan fingerprint density at radius 2 is 2.00 bits per heavy atom. The molecule has 0 aliphatic heterocycles. The molecule has 2 N–H and O–H groups in total. The lowest BCUT2D eigenvalue weighted by atomic mass is 9.80. The first kappa shape index (κ1) is 14.9. The number of methoxy groups -OCH3 is 1. The summed E-state index contributed by atoms with van der Waals surface area (Å²) in [5.74, 6) is 0.566. The van der Waals surface area contributed by atoms with Crippen LogP contribution in [0.5, 0.6) is 0 Å². The van der Waals surface area contributed by atoms with Crippen molar-refractivity contribution >= 4 is 10.0 Å². The Bertz CT molecular complexity index is 320. The molecule has 0 aromatic heterocycles. The fourth-order valence-electron chi connectivity index (χ4n) is 1.99. The van der Waals surface area contributed by atoms with Crippen LogP contribution in [0.25, 0.3) is 0 Å². The number of ether oxygens (including phenoxy) is 1. The van der Waals surface area contributed by atoms with E-state index in [-0.39, 0.29) is 18.9 Å². The monoisotopic (exact) mass is 265 g/mol. The SMILES string of the molecule is COCCS(=O)(=O)NCC1(O)CCC(C)CC1. The van der Waals surface area contributed by atoms with Gasteiger partial charge in [-0.1, -0.05) is 6.92 Å². The molecule has 0 saturated heterocycles. The summed E-state index contributed by atoms with van der Waals surface area (Å²) in [6.07, 6.45) is 3.24. The van der Waals surface area contributed by atoms with Gasteiger partial charge in [-0.15, -0.1) is 0 Å². The highest BCUT2D eigenvalue weighted by molar-refractivity contribution is 7.89. The van der Waals surface area contributed by atoms with Crippen LogP contribution in [0.1, 0.15) is 32.6 Å². The second-order valence-electron chi connectivity index (χ2n) is 5.04. The van der Waals surface area contributed by atoms with Crippen molar-refractivity contribution in [3.8, 4) is 0 Å². The van der Waals surface area contributed by atoms with Gasteiger partial charge in [0, 0.05) is 13.7 Å². The van der Waals surface area contributed by atoms with Crippen molar-refractivity contribution in [2.45, 2.75) is 38.2 Å². The van der Waals surface area contributed by atoms with Gasteiger partial charge in [-0.2, -0.15) is 0 Å². The van der Waals surface area contributed by atoms with Crippen molar-refractivity contribution in [3.63, 3.8) is 0 Å². The molecule has 5 nitrogen and oxygen atoms in total. The largest absolute Gasteiger partial charge is 0.389 e. The molecule has 0 amide bonds. The smallest absolute Gasteiger partial charge is 0.213 e. The van der Waals surface area contributed by atoms with Gasteiger partial charge < -0.3 is 9.84 Å². The third-order valence-corrected chi connectivity index (χ3v) is 4.67. The summed E-state index contributed by atoms with van der Waals surface area (Å²) in [6.45, 7) is 2.44. The Morgan fingerprint density at radius 3 is 2.53 bits per heavy atom. The molecule has 1 fully saturated rings. The minimum Gasteiger partial charge on any atom is -0.389 e. The normalized spacial score (nSPS) is 30.4. The number of hydrogen-bond acceptors (Lipinski definition) is 4. The molecule has 0 aromatic rings. The van der Waals surface area contributed by atoms with Crippen molar-refractivity contribution in [1.82, 2.24) is 4.72 Å². The molecule has 0 heterocycles. The first-order chi connectivity index (χ1) is 7.87. The van der Waals surface area contributed by atoms with E-state index in [9.17, 15) is 13.5 Å². The van der Waals surface area contributed by atoms with E-state index in [2.05, 4.69) is 11.6 Å². The Kier molecular flexibility index (Phi) is 5.37. The molecular weight excluding hydrogens is 242 g/mol. The lowest BCUT2D eigenvalue weighted by Crippen LogP contribution is -2.45. The zero-order valence-corrected chi connectivity index (χ0v) is 11.4.